The van der Waals surface area contributed by atoms with Crippen molar-refractivity contribution in [2.45, 2.75) is 83.6 Å². The Morgan fingerprint density at radius 2 is 1.91 bits per heavy atom. The lowest BCUT2D eigenvalue weighted by Gasteiger charge is -2.27. The van der Waals surface area contributed by atoms with Gasteiger partial charge < -0.3 is 24.8 Å². The molecule has 0 bridgehead atoms. The van der Waals surface area contributed by atoms with Gasteiger partial charge in [0, 0.05) is 23.4 Å². The zero-order valence-corrected chi connectivity index (χ0v) is 25.0. The number of benzene rings is 2. The smallest absolute Gasteiger partial charge is 0.410 e. The SMILES string of the molecule is CC(C)(C)OC(=O)N1CCCC1c1nc2c([nH]1)CCc1cc3c(cc1-2)OCc1cc(-c2cnc(C4CCCN4)[nH]2)ccc1-3. The molecule has 2 saturated heterocycles. The van der Waals surface area contributed by atoms with Gasteiger partial charge >= 0.3 is 6.09 Å². The van der Waals surface area contributed by atoms with Crippen molar-refractivity contribution < 1.29 is 14.3 Å². The number of fused-ring (bicyclic) bond motifs is 6. The lowest BCUT2D eigenvalue weighted by atomic mass is 9.86. The van der Waals surface area contributed by atoms with Crippen LogP contribution in [0.25, 0.3) is 33.6 Å². The number of hydrogen-bond acceptors (Lipinski definition) is 6. The summed E-state index contributed by atoms with van der Waals surface area (Å²) in [5, 5.41) is 3.52. The maximum atomic E-state index is 12.9. The molecule has 0 saturated carbocycles. The topological polar surface area (TPSA) is 108 Å². The molecule has 8 rings (SSSR count). The van der Waals surface area contributed by atoms with Crippen molar-refractivity contribution in [3.05, 3.63) is 65.0 Å². The first-order chi connectivity index (χ1) is 20.8. The molecule has 0 radical (unpaired) electrons. The van der Waals surface area contributed by atoms with Crippen molar-refractivity contribution in [2.75, 3.05) is 13.1 Å². The monoisotopic (exact) mass is 578 g/mol. The predicted molar refractivity (Wildman–Crippen MR) is 164 cm³/mol. The minimum atomic E-state index is -0.528. The fourth-order valence-corrected chi connectivity index (χ4v) is 7.10. The van der Waals surface area contributed by atoms with E-state index in [0.29, 0.717) is 19.2 Å². The number of hydrogen-bond donors (Lipinski definition) is 3. The summed E-state index contributed by atoms with van der Waals surface area (Å²) in [5.41, 5.74) is 9.69. The molecule has 9 heteroatoms. The predicted octanol–water partition coefficient (Wildman–Crippen LogP) is 6.62. The minimum absolute atomic E-state index is 0.0979. The van der Waals surface area contributed by atoms with Gasteiger partial charge in [0.1, 0.15) is 29.6 Å². The molecule has 1 aliphatic carbocycles. The van der Waals surface area contributed by atoms with E-state index in [0.717, 1.165) is 89.8 Å². The highest BCUT2D eigenvalue weighted by molar-refractivity contribution is 5.83. The molecule has 2 aromatic heterocycles. The number of nitrogens with one attached hydrogen (secondary N) is 3. The second-order valence-electron chi connectivity index (χ2n) is 13.3. The third kappa shape index (κ3) is 4.70. The van der Waals surface area contributed by atoms with Crippen LogP contribution in [0.2, 0.25) is 0 Å². The van der Waals surface area contributed by atoms with Crippen molar-refractivity contribution in [1.82, 2.24) is 30.2 Å². The number of H-pyrrole nitrogens is 2. The summed E-state index contributed by atoms with van der Waals surface area (Å²) >= 11 is 0. The van der Waals surface area contributed by atoms with E-state index in [-0.39, 0.29) is 12.1 Å². The van der Waals surface area contributed by atoms with Gasteiger partial charge in [0.15, 0.2) is 0 Å². The largest absolute Gasteiger partial charge is 0.488 e. The second kappa shape index (κ2) is 9.98. The summed E-state index contributed by atoms with van der Waals surface area (Å²) in [4.78, 5) is 31.6. The van der Waals surface area contributed by atoms with E-state index >= 15 is 0 Å². The number of carbonyl (C=O) groups excluding carboxylic acids is 1. The Kier molecular flexibility index (Phi) is 6.15. The first-order valence-electron chi connectivity index (χ1n) is 15.6. The van der Waals surface area contributed by atoms with E-state index < -0.39 is 5.60 Å². The Bertz CT molecular complexity index is 1720. The Morgan fingerprint density at radius 1 is 1.00 bits per heavy atom. The summed E-state index contributed by atoms with van der Waals surface area (Å²) in [5.74, 6) is 2.76. The fourth-order valence-electron chi connectivity index (χ4n) is 7.10. The van der Waals surface area contributed by atoms with E-state index in [1.807, 2.05) is 31.9 Å². The number of aromatic nitrogens is 4. The molecule has 2 atom stereocenters. The number of ether oxygens (including phenoxy) is 2. The number of nitrogens with zero attached hydrogens (tertiary/aromatic N) is 3. The van der Waals surface area contributed by atoms with E-state index in [1.165, 1.54) is 23.1 Å². The van der Waals surface area contributed by atoms with Crippen LogP contribution in [0.1, 0.15) is 87.0 Å². The molecule has 3 aliphatic heterocycles. The normalized spacial score (nSPS) is 20.7. The third-order valence-electron chi connectivity index (χ3n) is 9.17. The Labute approximate surface area is 251 Å². The summed E-state index contributed by atoms with van der Waals surface area (Å²) < 4.78 is 12.1. The van der Waals surface area contributed by atoms with Crippen molar-refractivity contribution in [3.63, 3.8) is 0 Å². The maximum absolute atomic E-state index is 12.9. The molecule has 3 N–H and O–H groups in total. The number of carbonyl (C=O) groups is 1. The van der Waals surface area contributed by atoms with Crippen molar-refractivity contribution in [2.24, 2.45) is 0 Å². The Balaban J connectivity index is 1.08. The second-order valence-corrected chi connectivity index (χ2v) is 13.3. The van der Waals surface area contributed by atoms with Crippen molar-refractivity contribution in [1.29, 1.82) is 0 Å². The summed E-state index contributed by atoms with van der Waals surface area (Å²) in [6.45, 7) is 7.97. The van der Waals surface area contributed by atoms with Gasteiger partial charge in [-0.05, 0) is 106 Å². The van der Waals surface area contributed by atoms with Gasteiger partial charge in [-0.3, -0.25) is 4.90 Å². The van der Waals surface area contributed by atoms with Gasteiger partial charge in [-0.15, -0.1) is 0 Å². The highest BCUT2D eigenvalue weighted by atomic mass is 16.6. The van der Waals surface area contributed by atoms with Crippen LogP contribution in [-0.4, -0.2) is 49.6 Å². The van der Waals surface area contributed by atoms with Crippen molar-refractivity contribution >= 4 is 6.09 Å². The average molecular weight is 579 g/mol. The van der Waals surface area contributed by atoms with E-state index in [2.05, 4.69) is 50.6 Å². The van der Waals surface area contributed by atoms with Crippen LogP contribution in [-0.2, 0) is 24.2 Å². The minimum Gasteiger partial charge on any atom is -0.488 e. The molecule has 0 spiro atoms. The van der Waals surface area contributed by atoms with Crippen LogP contribution in [0.4, 0.5) is 4.79 Å². The lowest BCUT2D eigenvalue weighted by Crippen LogP contribution is -2.36. The first kappa shape index (κ1) is 26.5. The number of aryl methyl sites for hydroxylation is 2. The highest BCUT2D eigenvalue weighted by Crippen LogP contribution is 2.45. The van der Waals surface area contributed by atoms with Crippen LogP contribution >= 0.6 is 0 Å². The van der Waals surface area contributed by atoms with Gasteiger partial charge in [0.2, 0.25) is 0 Å². The number of amides is 1. The number of imidazole rings is 2. The molecular weight excluding hydrogens is 540 g/mol. The Hall–Kier alpha value is -4.11. The van der Waals surface area contributed by atoms with E-state index in [4.69, 9.17) is 14.5 Å². The van der Waals surface area contributed by atoms with E-state index in [9.17, 15) is 4.79 Å². The fraction of sp³-hybridized carbons (Fsp3) is 0.441. The molecule has 1 amide bonds. The number of aromatic amines is 2. The third-order valence-corrected chi connectivity index (χ3v) is 9.17. The quantitative estimate of drug-likeness (QED) is 0.252. The van der Waals surface area contributed by atoms with Gasteiger partial charge in [0.25, 0.3) is 0 Å². The standard InChI is InChI=1S/C34H38N6O3/c1-34(2,3)43-33(41)40-13-5-7-28(40)32-37-25-11-9-19-15-24-22-10-8-20(27-17-36-31(38-27)26-6-4-12-35-26)14-21(22)18-42-29(24)16-23(19)30(25)39-32/h8,10,14-17,26,28,35H,4-7,9,11-13,18H2,1-3H3,(H,36,38)(H,37,39). The van der Waals surface area contributed by atoms with Gasteiger partial charge in [-0.25, -0.2) is 14.8 Å². The molecular formula is C34H38N6O3. The van der Waals surface area contributed by atoms with Crippen LogP contribution < -0.4 is 10.1 Å². The van der Waals surface area contributed by atoms with Gasteiger partial charge in [-0.2, -0.15) is 0 Å². The molecule has 2 fully saturated rings. The first-order valence-corrected chi connectivity index (χ1v) is 15.6. The molecule has 4 aromatic rings. The Morgan fingerprint density at radius 3 is 2.74 bits per heavy atom. The van der Waals surface area contributed by atoms with E-state index in [1.54, 1.807) is 0 Å². The summed E-state index contributed by atoms with van der Waals surface area (Å²) in [6.07, 6.45) is 7.62. The van der Waals surface area contributed by atoms with Crippen molar-refractivity contribution in [3.8, 4) is 39.4 Å². The van der Waals surface area contributed by atoms with Gasteiger partial charge in [0.05, 0.1) is 29.7 Å². The lowest BCUT2D eigenvalue weighted by molar-refractivity contribution is 0.0218. The number of rotatable bonds is 3. The summed E-state index contributed by atoms with van der Waals surface area (Å²) in [7, 11) is 0. The molecule has 5 heterocycles. The zero-order valence-electron chi connectivity index (χ0n) is 25.0. The van der Waals surface area contributed by atoms with Crippen LogP contribution in [0.15, 0.2) is 36.5 Å². The molecule has 9 nitrogen and oxygen atoms in total. The van der Waals surface area contributed by atoms with Crippen LogP contribution in [0.3, 0.4) is 0 Å². The summed E-state index contributed by atoms with van der Waals surface area (Å²) in [6, 6.07) is 11.3. The number of likely N-dealkylation sites (tertiary alicyclic amines) is 1. The molecule has 2 aromatic carbocycles. The maximum Gasteiger partial charge on any atom is 0.410 e. The van der Waals surface area contributed by atoms with Crippen LogP contribution in [0.5, 0.6) is 5.75 Å². The highest BCUT2D eigenvalue weighted by Gasteiger charge is 2.36. The van der Waals surface area contributed by atoms with Crippen LogP contribution in [0, 0.1) is 0 Å². The van der Waals surface area contributed by atoms with Gasteiger partial charge in [-0.1, -0.05) is 12.1 Å². The molecule has 2 unspecified atom stereocenters. The molecule has 4 aliphatic rings. The molecule has 43 heavy (non-hydrogen) atoms. The zero-order chi connectivity index (χ0) is 29.3. The average Bonchev–Trinajstić information content (AvgIpc) is 3.80. The molecule has 222 valence electrons.